The number of benzene rings is 1. The van der Waals surface area contributed by atoms with E-state index in [0.29, 0.717) is 12.0 Å². The molecule has 0 amide bonds. The number of oxazole rings is 1. The summed E-state index contributed by atoms with van der Waals surface area (Å²) in [5, 5.41) is 0. The van der Waals surface area contributed by atoms with Crippen molar-refractivity contribution in [3.05, 3.63) is 47.9 Å². The van der Waals surface area contributed by atoms with Gasteiger partial charge in [0.25, 0.3) is 0 Å². The van der Waals surface area contributed by atoms with Crippen molar-refractivity contribution in [2.24, 2.45) is 5.92 Å². The first-order valence-electron chi connectivity index (χ1n) is 10.5. The third-order valence-electron chi connectivity index (χ3n) is 6.05. The van der Waals surface area contributed by atoms with Crippen molar-refractivity contribution < 1.29 is 8.81 Å². The van der Waals surface area contributed by atoms with E-state index in [9.17, 15) is 4.39 Å². The quantitative estimate of drug-likeness (QED) is 0.652. The molecule has 0 unspecified atom stereocenters. The second kappa shape index (κ2) is 8.28. The fourth-order valence-corrected chi connectivity index (χ4v) is 5.91. The van der Waals surface area contributed by atoms with Gasteiger partial charge in [-0.3, -0.25) is 9.21 Å². The highest BCUT2D eigenvalue weighted by molar-refractivity contribution is 7.98. The van der Waals surface area contributed by atoms with E-state index in [2.05, 4.69) is 46.3 Å². The Bertz CT molecular complexity index is 844. The third-order valence-corrected chi connectivity index (χ3v) is 7.22. The number of likely N-dealkylation sites (N-methyl/N-ethyl adjacent to an activating group) is 1. The Labute approximate surface area is 177 Å². The van der Waals surface area contributed by atoms with Gasteiger partial charge in [-0.15, -0.1) is 0 Å². The van der Waals surface area contributed by atoms with Gasteiger partial charge >= 0.3 is 0 Å². The largest absolute Gasteiger partial charge is 0.447 e. The van der Waals surface area contributed by atoms with Crippen LogP contribution in [0.15, 0.2) is 35.1 Å². The topological polar surface area (TPSA) is 35.8 Å². The fraction of sp³-hybridized carbons (Fsp3) is 0.591. The number of halogens is 1. The zero-order chi connectivity index (χ0) is 20.6. The van der Waals surface area contributed by atoms with Crippen LogP contribution in [0.4, 0.5) is 10.1 Å². The highest BCUT2D eigenvalue weighted by Crippen LogP contribution is 2.46. The molecule has 2 aliphatic heterocycles. The number of hydrogen-bond acceptors (Lipinski definition) is 6. The molecule has 1 aromatic heterocycles. The van der Waals surface area contributed by atoms with Gasteiger partial charge in [0, 0.05) is 31.3 Å². The highest BCUT2D eigenvalue weighted by Gasteiger charge is 2.49. The van der Waals surface area contributed by atoms with Crippen LogP contribution in [-0.4, -0.2) is 45.9 Å². The van der Waals surface area contributed by atoms with Crippen molar-refractivity contribution >= 4 is 17.8 Å². The Morgan fingerprint density at radius 2 is 2.21 bits per heavy atom. The van der Waals surface area contributed by atoms with Crippen LogP contribution in [0.5, 0.6) is 0 Å². The molecule has 2 aliphatic rings. The maximum absolute atomic E-state index is 13.9. The summed E-state index contributed by atoms with van der Waals surface area (Å²) < 4.78 is 24.2. The van der Waals surface area contributed by atoms with Gasteiger partial charge < -0.3 is 4.42 Å². The molecule has 3 heterocycles. The summed E-state index contributed by atoms with van der Waals surface area (Å²) in [6, 6.07) is 7.38. The molecular formula is C22H31FN4OS. The Morgan fingerprint density at radius 1 is 1.38 bits per heavy atom. The van der Waals surface area contributed by atoms with E-state index in [1.54, 1.807) is 30.7 Å². The molecule has 2 atom stereocenters. The third kappa shape index (κ3) is 4.32. The number of piperidine rings is 1. The van der Waals surface area contributed by atoms with E-state index in [0.717, 1.165) is 56.0 Å². The van der Waals surface area contributed by atoms with Crippen molar-refractivity contribution in [3.63, 3.8) is 0 Å². The molecular weight excluding hydrogens is 387 g/mol. The Hall–Kier alpha value is -1.57. The lowest BCUT2D eigenvalue weighted by molar-refractivity contribution is 0.0933. The summed E-state index contributed by atoms with van der Waals surface area (Å²) in [5.41, 5.74) is 2.06. The highest BCUT2D eigenvalue weighted by atomic mass is 32.2. The maximum Gasteiger partial charge on any atom is 0.181 e. The van der Waals surface area contributed by atoms with Crippen LogP contribution < -0.4 is 4.31 Å². The molecule has 2 aromatic rings. The molecule has 1 aromatic carbocycles. The molecule has 0 radical (unpaired) electrons. The molecule has 29 heavy (non-hydrogen) atoms. The number of likely N-dealkylation sites (tertiary alicyclic amines) is 1. The molecule has 7 heteroatoms. The molecule has 0 bridgehead atoms. The summed E-state index contributed by atoms with van der Waals surface area (Å²) >= 11 is 1.70. The second-order valence-corrected chi connectivity index (χ2v) is 10.1. The van der Waals surface area contributed by atoms with E-state index < -0.39 is 0 Å². The number of hydrogen-bond donors (Lipinski definition) is 0. The minimum Gasteiger partial charge on any atom is -0.447 e. The van der Waals surface area contributed by atoms with Crippen molar-refractivity contribution in [1.82, 2.24) is 14.2 Å². The van der Waals surface area contributed by atoms with Crippen LogP contribution in [0.3, 0.4) is 0 Å². The van der Waals surface area contributed by atoms with Crippen LogP contribution >= 0.6 is 12.1 Å². The molecule has 158 valence electrons. The zero-order valence-electron chi connectivity index (χ0n) is 17.8. The maximum atomic E-state index is 13.9. The molecule has 2 saturated heterocycles. The van der Waals surface area contributed by atoms with Crippen molar-refractivity contribution in [2.45, 2.75) is 58.2 Å². The van der Waals surface area contributed by atoms with Gasteiger partial charge in [-0.2, -0.15) is 0 Å². The lowest BCUT2D eigenvalue weighted by Gasteiger charge is -2.47. The van der Waals surface area contributed by atoms with E-state index >= 15 is 0 Å². The van der Waals surface area contributed by atoms with Gasteiger partial charge in [0.1, 0.15) is 11.6 Å². The first-order chi connectivity index (χ1) is 13.9. The van der Waals surface area contributed by atoms with Crippen LogP contribution in [0, 0.1) is 11.7 Å². The van der Waals surface area contributed by atoms with Gasteiger partial charge in [-0.1, -0.05) is 19.9 Å². The first-order valence-corrected chi connectivity index (χ1v) is 11.2. The van der Waals surface area contributed by atoms with Crippen LogP contribution in [-0.2, 0) is 13.0 Å². The molecule has 2 fully saturated rings. The van der Waals surface area contributed by atoms with Crippen LogP contribution in [0.2, 0.25) is 0 Å². The summed E-state index contributed by atoms with van der Waals surface area (Å²) in [5.74, 6) is 1.38. The summed E-state index contributed by atoms with van der Waals surface area (Å²) in [6.07, 6.45) is 4.61. The van der Waals surface area contributed by atoms with Crippen LogP contribution in [0.25, 0.3) is 0 Å². The average molecular weight is 419 g/mol. The van der Waals surface area contributed by atoms with Crippen molar-refractivity contribution in [1.29, 1.82) is 0 Å². The van der Waals surface area contributed by atoms with Gasteiger partial charge in [0.2, 0.25) is 0 Å². The minimum absolute atomic E-state index is 0.0192. The Balaban J connectivity index is 1.49. The Morgan fingerprint density at radius 3 is 2.93 bits per heavy atom. The van der Waals surface area contributed by atoms with Crippen molar-refractivity contribution in [3.8, 4) is 0 Å². The lowest BCUT2D eigenvalue weighted by Crippen LogP contribution is -2.56. The second-order valence-electron chi connectivity index (χ2n) is 8.96. The first kappa shape index (κ1) is 20.7. The molecule has 1 spiro atoms. The van der Waals surface area contributed by atoms with E-state index in [1.807, 2.05) is 6.07 Å². The van der Waals surface area contributed by atoms with Crippen molar-refractivity contribution in [2.75, 3.05) is 24.4 Å². The monoisotopic (exact) mass is 418 g/mol. The predicted molar refractivity (Wildman–Crippen MR) is 116 cm³/mol. The SMILES string of the molecule is CC(C)Cc1ncoc1CN1CC[C@@]2(C[C@@H]1C)CN(C)SN2c1cccc(F)c1. The predicted octanol–water partition coefficient (Wildman–Crippen LogP) is 4.75. The minimum atomic E-state index is -0.179. The summed E-state index contributed by atoms with van der Waals surface area (Å²) in [6.45, 7) is 9.49. The molecule has 0 aliphatic carbocycles. The fourth-order valence-electron chi connectivity index (χ4n) is 4.73. The number of nitrogens with zero attached hydrogens (tertiary/aromatic N) is 4. The normalized spacial score (nSPS) is 26.1. The zero-order valence-corrected chi connectivity index (χ0v) is 18.6. The molecule has 0 N–H and O–H groups in total. The average Bonchev–Trinajstić information content (AvgIpc) is 3.21. The van der Waals surface area contributed by atoms with Gasteiger partial charge in [-0.25, -0.2) is 13.7 Å². The summed E-state index contributed by atoms with van der Waals surface area (Å²) in [7, 11) is 2.12. The number of anilines is 1. The van der Waals surface area contributed by atoms with Gasteiger partial charge in [0.05, 0.1) is 23.5 Å². The number of aromatic nitrogens is 1. The molecule has 5 nitrogen and oxygen atoms in total. The van der Waals surface area contributed by atoms with Gasteiger partial charge in [-0.05, 0) is 57.4 Å². The van der Waals surface area contributed by atoms with E-state index in [1.165, 1.54) is 6.07 Å². The molecule has 4 rings (SSSR count). The van der Waals surface area contributed by atoms with Gasteiger partial charge in [0.15, 0.2) is 6.39 Å². The molecule has 0 saturated carbocycles. The Kier molecular flexibility index (Phi) is 5.91. The van der Waals surface area contributed by atoms with E-state index in [4.69, 9.17) is 4.42 Å². The van der Waals surface area contributed by atoms with E-state index in [-0.39, 0.29) is 11.4 Å². The van der Waals surface area contributed by atoms with Crippen LogP contribution in [0.1, 0.15) is 45.1 Å². The standard InChI is InChI=1S/C22H31FN4OS/c1-16(2)10-20-21(28-15-24-20)13-26-9-8-22(12-17(26)3)14-25(4)29-27(22)19-7-5-6-18(23)11-19/h5-7,11,15-17H,8-10,12-14H2,1-4H3/t17-,22+/m0/s1. The smallest absolute Gasteiger partial charge is 0.181 e. The summed E-state index contributed by atoms with van der Waals surface area (Å²) in [4.78, 5) is 6.94. The number of rotatable bonds is 5. The lowest BCUT2D eigenvalue weighted by atomic mass is 9.83.